The van der Waals surface area contributed by atoms with E-state index in [1.165, 1.54) is 19.3 Å². The van der Waals surface area contributed by atoms with Crippen LogP contribution in [0.1, 0.15) is 56.9 Å². The van der Waals surface area contributed by atoms with Gasteiger partial charge in [-0.3, -0.25) is 9.59 Å². The van der Waals surface area contributed by atoms with Crippen LogP contribution >= 0.6 is 0 Å². The standard InChI is InChI=1S/C21H31N3O2/c22-18(13-15-7-3-1-4-8-15)20(25)24-19(21(26)23-17-11-12-17)14-16-9-5-2-6-10-16/h2,5-6,9-10,15,17-19H,1,3-4,7-8,11-14,22H2,(H,23,26)(H,24,25)/t18-,19?/m0/s1. The molecule has 2 aliphatic rings. The van der Waals surface area contributed by atoms with Gasteiger partial charge in [-0.05, 0) is 30.7 Å². The van der Waals surface area contributed by atoms with E-state index in [-0.39, 0.29) is 17.9 Å². The van der Waals surface area contributed by atoms with Crippen LogP contribution in [0, 0.1) is 5.92 Å². The average Bonchev–Trinajstić information content (AvgIpc) is 3.46. The summed E-state index contributed by atoms with van der Waals surface area (Å²) in [5, 5.41) is 5.92. The van der Waals surface area contributed by atoms with Crippen LogP contribution in [-0.4, -0.2) is 29.9 Å². The number of hydrogen-bond acceptors (Lipinski definition) is 3. The van der Waals surface area contributed by atoms with E-state index in [0.717, 1.165) is 31.2 Å². The largest absolute Gasteiger partial charge is 0.352 e. The predicted molar refractivity (Wildman–Crippen MR) is 102 cm³/mol. The lowest BCUT2D eigenvalue weighted by Crippen LogP contribution is -2.53. The van der Waals surface area contributed by atoms with Crippen molar-refractivity contribution < 1.29 is 9.59 Å². The molecule has 0 bridgehead atoms. The summed E-state index contributed by atoms with van der Waals surface area (Å²) in [4.78, 5) is 25.2. The molecule has 5 nitrogen and oxygen atoms in total. The smallest absolute Gasteiger partial charge is 0.243 e. The van der Waals surface area contributed by atoms with Crippen molar-refractivity contribution in [3.8, 4) is 0 Å². The van der Waals surface area contributed by atoms with Crippen LogP contribution in [0.15, 0.2) is 30.3 Å². The van der Waals surface area contributed by atoms with Gasteiger partial charge in [0.25, 0.3) is 0 Å². The van der Waals surface area contributed by atoms with Gasteiger partial charge in [0.1, 0.15) is 6.04 Å². The van der Waals surface area contributed by atoms with Crippen molar-refractivity contribution in [2.75, 3.05) is 0 Å². The summed E-state index contributed by atoms with van der Waals surface area (Å²) < 4.78 is 0. The lowest BCUT2D eigenvalue weighted by molar-refractivity contribution is -0.129. The highest BCUT2D eigenvalue weighted by Gasteiger charge is 2.30. The van der Waals surface area contributed by atoms with Crippen molar-refractivity contribution in [1.82, 2.24) is 10.6 Å². The molecule has 1 aromatic carbocycles. The number of nitrogens with one attached hydrogen (secondary N) is 2. The minimum Gasteiger partial charge on any atom is -0.352 e. The molecule has 3 rings (SSSR count). The Bertz CT molecular complexity index is 595. The molecule has 2 fully saturated rings. The van der Waals surface area contributed by atoms with E-state index >= 15 is 0 Å². The summed E-state index contributed by atoms with van der Waals surface area (Å²) in [6.45, 7) is 0. The van der Waals surface area contributed by atoms with E-state index in [0.29, 0.717) is 18.8 Å². The SMILES string of the molecule is N[C@@H](CC1CCCCC1)C(=O)NC(Cc1ccccc1)C(=O)NC1CC1. The third-order valence-electron chi connectivity index (χ3n) is 5.49. The minimum atomic E-state index is -0.567. The Hall–Kier alpha value is -1.88. The molecule has 0 aliphatic heterocycles. The number of hydrogen-bond donors (Lipinski definition) is 3. The summed E-state index contributed by atoms with van der Waals surface area (Å²) in [5.41, 5.74) is 7.19. The Balaban J connectivity index is 1.57. The number of carbonyl (C=O) groups is 2. The first kappa shape index (κ1) is 18.9. The molecule has 0 saturated heterocycles. The Kier molecular flexibility index (Phi) is 6.67. The van der Waals surface area contributed by atoms with Crippen LogP contribution in [0.3, 0.4) is 0 Å². The van der Waals surface area contributed by atoms with E-state index in [2.05, 4.69) is 10.6 Å². The van der Waals surface area contributed by atoms with Crippen molar-refractivity contribution >= 4 is 11.8 Å². The fourth-order valence-corrected chi connectivity index (χ4v) is 3.76. The fourth-order valence-electron chi connectivity index (χ4n) is 3.76. The van der Waals surface area contributed by atoms with Gasteiger partial charge in [-0.2, -0.15) is 0 Å². The molecule has 2 amide bonds. The molecule has 2 atom stereocenters. The van der Waals surface area contributed by atoms with Crippen LogP contribution in [0.5, 0.6) is 0 Å². The van der Waals surface area contributed by atoms with Gasteiger partial charge in [-0.25, -0.2) is 0 Å². The molecule has 0 spiro atoms. The monoisotopic (exact) mass is 357 g/mol. The Labute approximate surface area is 156 Å². The molecular formula is C21H31N3O2. The lowest BCUT2D eigenvalue weighted by Gasteiger charge is -2.25. The summed E-state index contributed by atoms with van der Waals surface area (Å²) in [6.07, 6.45) is 9.34. The highest BCUT2D eigenvalue weighted by Crippen LogP contribution is 2.27. The Morgan fingerprint density at radius 2 is 1.69 bits per heavy atom. The zero-order valence-corrected chi connectivity index (χ0v) is 15.5. The van der Waals surface area contributed by atoms with Gasteiger partial charge in [0, 0.05) is 12.5 Å². The highest BCUT2D eigenvalue weighted by molar-refractivity contribution is 5.90. The normalized spacial score (nSPS) is 20.2. The van der Waals surface area contributed by atoms with E-state index in [4.69, 9.17) is 5.73 Å². The van der Waals surface area contributed by atoms with Gasteiger partial charge in [0.2, 0.25) is 11.8 Å². The third-order valence-corrected chi connectivity index (χ3v) is 5.49. The van der Waals surface area contributed by atoms with Gasteiger partial charge >= 0.3 is 0 Å². The van der Waals surface area contributed by atoms with Gasteiger partial charge in [0.15, 0.2) is 0 Å². The predicted octanol–water partition coefficient (Wildman–Crippen LogP) is 2.29. The van der Waals surface area contributed by atoms with Crippen molar-refractivity contribution in [3.05, 3.63) is 35.9 Å². The Morgan fingerprint density at radius 3 is 2.35 bits per heavy atom. The van der Waals surface area contributed by atoms with E-state index in [1.807, 2.05) is 30.3 Å². The number of nitrogens with two attached hydrogens (primary N) is 1. The van der Waals surface area contributed by atoms with Crippen molar-refractivity contribution in [2.24, 2.45) is 11.7 Å². The Morgan fingerprint density at radius 1 is 1.00 bits per heavy atom. The van der Waals surface area contributed by atoms with Crippen LogP contribution in [0.25, 0.3) is 0 Å². The van der Waals surface area contributed by atoms with E-state index < -0.39 is 12.1 Å². The quantitative estimate of drug-likeness (QED) is 0.667. The maximum atomic E-state index is 12.6. The van der Waals surface area contributed by atoms with Crippen molar-refractivity contribution in [2.45, 2.75) is 75.9 Å². The number of carbonyl (C=O) groups excluding carboxylic acids is 2. The van der Waals surface area contributed by atoms with E-state index in [9.17, 15) is 9.59 Å². The van der Waals surface area contributed by atoms with Gasteiger partial charge in [-0.15, -0.1) is 0 Å². The molecule has 4 N–H and O–H groups in total. The van der Waals surface area contributed by atoms with Crippen LogP contribution in [0.2, 0.25) is 0 Å². The maximum absolute atomic E-state index is 12.6. The molecule has 5 heteroatoms. The molecule has 0 aromatic heterocycles. The molecule has 142 valence electrons. The van der Waals surface area contributed by atoms with Gasteiger partial charge in [0.05, 0.1) is 6.04 Å². The summed E-state index contributed by atoms with van der Waals surface area (Å²) >= 11 is 0. The topological polar surface area (TPSA) is 84.2 Å². The molecule has 0 radical (unpaired) electrons. The molecule has 1 aromatic rings. The molecular weight excluding hydrogens is 326 g/mol. The van der Waals surface area contributed by atoms with Gasteiger partial charge < -0.3 is 16.4 Å². The fraction of sp³-hybridized carbons (Fsp3) is 0.619. The van der Waals surface area contributed by atoms with E-state index in [1.54, 1.807) is 0 Å². The van der Waals surface area contributed by atoms with Crippen LogP contribution < -0.4 is 16.4 Å². The zero-order valence-electron chi connectivity index (χ0n) is 15.5. The first-order valence-electron chi connectivity index (χ1n) is 10.0. The average molecular weight is 357 g/mol. The van der Waals surface area contributed by atoms with Gasteiger partial charge in [-0.1, -0.05) is 62.4 Å². The second-order valence-electron chi connectivity index (χ2n) is 7.88. The molecule has 1 unspecified atom stereocenters. The second-order valence-corrected chi connectivity index (χ2v) is 7.88. The van der Waals surface area contributed by atoms with Crippen LogP contribution in [-0.2, 0) is 16.0 Å². The van der Waals surface area contributed by atoms with Crippen molar-refractivity contribution in [3.63, 3.8) is 0 Å². The number of benzene rings is 1. The zero-order chi connectivity index (χ0) is 18.4. The third kappa shape index (κ3) is 5.84. The van der Waals surface area contributed by atoms with Crippen molar-refractivity contribution in [1.29, 1.82) is 0 Å². The highest BCUT2D eigenvalue weighted by atomic mass is 16.2. The maximum Gasteiger partial charge on any atom is 0.243 e. The molecule has 2 aliphatic carbocycles. The summed E-state index contributed by atoms with van der Waals surface area (Å²) in [7, 11) is 0. The summed E-state index contributed by atoms with van der Waals surface area (Å²) in [5.74, 6) is 0.231. The number of amides is 2. The second kappa shape index (κ2) is 9.17. The molecule has 0 heterocycles. The van der Waals surface area contributed by atoms with Crippen LogP contribution in [0.4, 0.5) is 0 Å². The molecule has 26 heavy (non-hydrogen) atoms. The first-order valence-corrected chi connectivity index (χ1v) is 10.0. The minimum absolute atomic E-state index is 0.102. The molecule has 2 saturated carbocycles. The lowest BCUT2D eigenvalue weighted by atomic mass is 9.85. The summed E-state index contributed by atoms with van der Waals surface area (Å²) in [6, 6.07) is 8.96. The first-order chi connectivity index (χ1) is 12.6. The number of rotatable bonds is 8.